The van der Waals surface area contributed by atoms with Crippen LogP contribution in [-0.4, -0.2) is 11.5 Å². The van der Waals surface area contributed by atoms with Gasteiger partial charge in [-0.05, 0) is 58.2 Å². The second-order valence-corrected chi connectivity index (χ2v) is 10.2. The highest BCUT2D eigenvalue weighted by atomic mass is 79.9. The van der Waals surface area contributed by atoms with Gasteiger partial charge in [0.05, 0.1) is 0 Å². The molecule has 1 aliphatic carbocycles. The van der Waals surface area contributed by atoms with Crippen molar-refractivity contribution in [2.24, 2.45) is 0 Å². The van der Waals surface area contributed by atoms with Gasteiger partial charge in [0.25, 0.3) is 0 Å². The number of hydrogen-bond acceptors (Lipinski definition) is 2. The summed E-state index contributed by atoms with van der Waals surface area (Å²) in [7, 11) is 0. The summed E-state index contributed by atoms with van der Waals surface area (Å²) in [6.07, 6.45) is 6.20. The van der Waals surface area contributed by atoms with Crippen LogP contribution in [0.2, 0.25) is 0 Å². The fraction of sp³-hybridized carbons (Fsp3) is 0.185. The molecular formula is C27H23BrNOS+. The molecule has 0 fully saturated rings. The molecule has 4 heteroatoms. The Labute approximate surface area is 195 Å². The minimum atomic E-state index is 0.121. The van der Waals surface area contributed by atoms with Crippen molar-refractivity contribution in [2.45, 2.75) is 24.6 Å². The number of nitrogens with zero attached hydrogens (tertiary/aromatic N) is 1. The number of aryl methyl sites for hydroxylation is 1. The van der Waals surface area contributed by atoms with E-state index in [-0.39, 0.29) is 5.78 Å². The van der Waals surface area contributed by atoms with E-state index in [1.54, 1.807) is 0 Å². The van der Waals surface area contributed by atoms with Gasteiger partial charge in [-0.1, -0.05) is 64.5 Å². The molecule has 0 saturated heterocycles. The van der Waals surface area contributed by atoms with Crippen LogP contribution >= 0.6 is 27.7 Å². The Bertz CT molecular complexity index is 1230. The zero-order valence-electron chi connectivity index (χ0n) is 17.1. The summed E-state index contributed by atoms with van der Waals surface area (Å²) in [6.45, 7) is 0.362. The Balaban J connectivity index is 1.17. The highest BCUT2D eigenvalue weighted by molar-refractivity contribution is 9.10. The van der Waals surface area contributed by atoms with E-state index in [0.29, 0.717) is 11.8 Å². The Morgan fingerprint density at radius 1 is 0.968 bits per heavy atom. The molecule has 0 aliphatic heterocycles. The lowest BCUT2D eigenvalue weighted by Gasteiger charge is -2.11. The van der Waals surface area contributed by atoms with Gasteiger partial charge in [-0.15, -0.1) is 0 Å². The van der Waals surface area contributed by atoms with E-state index in [4.69, 9.17) is 0 Å². The van der Waals surface area contributed by atoms with Crippen LogP contribution in [0.15, 0.2) is 89.7 Å². The van der Waals surface area contributed by atoms with Crippen LogP contribution in [0.1, 0.15) is 32.3 Å². The number of thioether (sulfide) groups is 1. The van der Waals surface area contributed by atoms with Crippen LogP contribution < -0.4 is 4.57 Å². The maximum absolute atomic E-state index is 12.5. The molecule has 1 unspecified atom stereocenters. The second-order valence-electron chi connectivity index (χ2n) is 7.98. The molecule has 0 amide bonds. The van der Waals surface area contributed by atoms with Crippen molar-refractivity contribution >= 4 is 44.2 Å². The van der Waals surface area contributed by atoms with Crippen LogP contribution in [0, 0.1) is 0 Å². The first-order valence-corrected chi connectivity index (χ1v) is 12.4. The van der Waals surface area contributed by atoms with Gasteiger partial charge in [0, 0.05) is 27.4 Å². The zero-order valence-corrected chi connectivity index (χ0v) is 19.5. The fourth-order valence-corrected chi connectivity index (χ4v) is 5.89. The summed E-state index contributed by atoms with van der Waals surface area (Å²) < 4.78 is 2.94. The third-order valence-electron chi connectivity index (χ3n) is 5.94. The Morgan fingerprint density at radius 3 is 2.48 bits per heavy atom. The number of hydrogen-bond donors (Lipinski definition) is 0. The van der Waals surface area contributed by atoms with Gasteiger partial charge in [-0.3, -0.25) is 4.79 Å². The van der Waals surface area contributed by atoms with Crippen LogP contribution in [0.4, 0.5) is 0 Å². The summed E-state index contributed by atoms with van der Waals surface area (Å²) in [5.41, 5.74) is 5.04. The van der Waals surface area contributed by atoms with Gasteiger partial charge in [-0.2, -0.15) is 16.3 Å². The highest BCUT2D eigenvalue weighted by Gasteiger charge is 2.24. The van der Waals surface area contributed by atoms with Gasteiger partial charge < -0.3 is 0 Å². The van der Waals surface area contributed by atoms with E-state index in [2.05, 4.69) is 76.2 Å². The van der Waals surface area contributed by atoms with Crippen molar-refractivity contribution in [3.8, 4) is 0 Å². The number of halogens is 1. The first-order chi connectivity index (χ1) is 15.2. The highest BCUT2D eigenvalue weighted by Crippen LogP contribution is 2.44. The molecule has 154 valence electrons. The number of ketones is 1. The summed E-state index contributed by atoms with van der Waals surface area (Å²) in [4.78, 5) is 12.5. The molecule has 1 aliphatic rings. The molecule has 1 heterocycles. The predicted molar refractivity (Wildman–Crippen MR) is 132 cm³/mol. The summed E-state index contributed by atoms with van der Waals surface area (Å²) in [6, 6.07) is 25.2. The van der Waals surface area contributed by atoms with Crippen molar-refractivity contribution in [3.05, 3.63) is 112 Å². The minimum Gasteiger partial charge on any atom is -0.287 e. The number of pyridine rings is 1. The van der Waals surface area contributed by atoms with Gasteiger partial charge in [0.15, 0.2) is 12.4 Å². The topological polar surface area (TPSA) is 20.9 Å². The third-order valence-corrected chi connectivity index (χ3v) is 7.73. The van der Waals surface area contributed by atoms with E-state index in [0.717, 1.165) is 28.6 Å². The molecule has 0 bridgehead atoms. The lowest BCUT2D eigenvalue weighted by Crippen LogP contribution is -2.37. The average Bonchev–Trinajstić information content (AvgIpc) is 3.15. The fourth-order valence-electron chi connectivity index (χ4n) is 4.32. The van der Waals surface area contributed by atoms with E-state index < -0.39 is 0 Å². The van der Waals surface area contributed by atoms with Crippen molar-refractivity contribution in [3.63, 3.8) is 0 Å². The molecule has 3 aromatic carbocycles. The normalized spacial score (nSPS) is 14.8. The average molecular weight is 489 g/mol. The molecule has 0 N–H and O–H groups in total. The number of carbonyl (C=O) groups is 1. The van der Waals surface area contributed by atoms with Crippen molar-refractivity contribution < 1.29 is 9.36 Å². The van der Waals surface area contributed by atoms with Crippen LogP contribution in [-0.2, 0) is 19.4 Å². The molecule has 0 spiro atoms. The first-order valence-electron chi connectivity index (χ1n) is 10.6. The SMILES string of the molecule is O=C(C[n+]1ccc(CCSC2Cc3cccc4cccc2c34)cc1)c1ccc(Br)cc1. The predicted octanol–water partition coefficient (Wildman–Crippen LogP) is 6.35. The number of carbonyl (C=O) groups excluding carboxylic acids is 1. The van der Waals surface area contributed by atoms with E-state index >= 15 is 0 Å². The number of rotatable bonds is 7. The number of aromatic nitrogens is 1. The van der Waals surface area contributed by atoms with Gasteiger partial charge >= 0.3 is 0 Å². The van der Waals surface area contributed by atoms with Crippen molar-refractivity contribution in [1.82, 2.24) is 0 Å². The summed E-state index contributed by atoms with van der Waals surface area (Å²) >= 11 is 5.47. The lowest BCUT2D eigenvalue weighted by molar-refractivity contribution is -0.683. The molecule has 1 atom stereocenters. The van der Waals surface area contributed by atoms with Crippen LogP contribution in [0.25, 0.3) is 10.8 Å². The van der Waals surface area contributed by atoms with Gasteiger partial charge in [0.2, 0.25) is 12.3 Å². The molecule has 1 aromatic heterocycles. The molecule has 2 nitrogen and oxygen atoms in total. The Morgan fingerprint density at radius 2 is 1.71 bits per heavy atom. The van der Waals surface area contributed by atoms with Crippen molar-refractivity contribution in [1.29, 1.82) is 0 Å². The Kier molecular flexibility index (Phi) is 5.93. The summed E-state index contributed by atoms with van der Waals surface area (Å²) in [5.74, 6) is 1.22. The third kappa shape index (κ3) is 4.46. The smallest absolute Gasteiger partial charge is 0.227 e. The van der Waals surface area contributed by atoms with Crippen LogP contribution in [0.5, 0.6) is 0 Å². The van der Waals surface area contributed by atoms with E-state index in [1.807, 2.05) is 41.2 Å². The quantitative estimate of drug-likeness (QED) is 0.223. The molecule has 31 heavy (non-hydrogen) atoms. The monoisotopic (exact) mass is 488 g/mol. The van der Waals surface area contributed by atoms with Gasteiger partial charge in [0.1, 0.15) is 0 Å². The molecular weight excluding hydrogens is 466 g/mol. The number of Topliss-reactive ketones (excluding diaryl/α,β-unsaturated/α-hetero) is 1. The first kappa shape index (κ1) is 20.5. The lowest BCUT2D eigenvalue weighted by atomic mass is 10.1. The molecule has 0 radical (unpaired) electrons. The summed E-state index contributed by atoms with van der Waals surface area (Å²) in [5, 5.41) is 3.39. The molecule has 0 saturated carbocycles. The largest absolute Gasteiger partial charge is 0.287 e. The Hall–Kier alpha value is -2.43. The maximum Gasteiger partial charge on any atom is 0.227 e. The van der Waals surface area contributed by atoms with Crippen LogP contribution in [0.3, 0.4) is 0 Å². The number of benzene rings is 3. The molecule has 4 aromatic rings. The second kappa shape index (κ2) is 8.97. The maximum atomic E-state index is 12.5. The van der Waals surface area contributed by atoms with Gasteiger partial charge in [-0.25, -0.2) is 0 Å². The van der Waals surface area contributed by atoms with Crippen molar-refractivity contribution in [2.75, 3.05) is 5.75 Å². The van der Waals surface area contributed by atoms with E-state index in [1.165, 1.54) is 27.5 Å². The zero-order chi connectivity index (χ0) is 21.2. The minimum absolute atomic E-state index is 0.121. The standard InChI is InChI=1S/C27H23BrNOS/c28-23-9-7-20(8-10-23)25(30)18-29-14-11-19(12-15-29)13-16-31-26-17-22-5-1-3-21-4-2-6-24(26)27(21)22/h1-12,14-15,26H,13,16-18H2/q+1. The van der Waals surface area contributed by atoms with E-state index in [9.17, 15) is 4.79 Å². The molecule has 5 rings (SSSR count).